The molecule has 0 amide bonds. The summed E-state index contributed by atoms with van der Waals surface area (Å²) in [5, 5.41) is 3.90. The summed E-state index contributed by atoms with van der Waals surface area (Å²) in [6, 6.07) is 10.3. The second-order valence-corrected chi connectivity index (χ2v) is 6.47. The summed E-state index contributed by atoms with van der Waals surface area (Å²) in [6.45, 7) is 6.39. The van der Waals surface area contributed by atoms with E-state index in [1.165, 1.54) is 11.1 Å². The maximum Gasteiger partial charge on any atom is 0.261 e. The molecule has 0 saturated carbocycles. The van der Waals surface area contributed by atoms with Gasteiger partial charge in [-0.25, -0.2) is 4.98 Å². The number of rotatable bonds is 5. The highest BCUT2D eigenvalue weighted by molar-refractivity contribution is 5.70. The predicted octanol–water partition coefficient (Wildman–Crippen LogP) is 3.79. The average molecular weight is 350 g/mol. The Morgan fingerprint density at radius 1 is 1.23 bits per heavy atom. The van der Waals surface area contributed by atoms with E-state index in [4.69, 9.17) is 9.26 Å². The first-order chi connectivity index (χ1) is 12.7. The van der Waals surface area contributed by atoms with Crippen LogP contribution in [0, 0.1) is 6.92 Å². The lowest BCUT2D eigenvalue weighted by molar-refractivity contribution is 0.317. The normalized spacial score (nSPS) is 13.5. The van der Waals surface area contributed by atoms with E-state index in [9.17, 15) is 0 Å². The molecule has 0 atom stereocenters. The van der Waals surface area contributed by atoms with Crippen molar-refractivity contribution in [3.63, 3.8) is 0 Å². The van der Waals surface area contributed by atoms with Crippen molar-refractivity contribution < 1.29 is 9.26 Å². The van der Waals surface area contributed by atoms with E-state index >= 15 is 0 Å². The molecule has 0 radical (unpaired) electrons. The standard InChI is InChI=1S/C20H22N4O2/c1-3-11-25-17-7-6-16-13-24(10-8-15(16)12-17)19-18(5-4-9-21-19)20-22-14(2)23-26-20/h4-7,9,12H,3,8,10-11,13H2,1-2H3. The number of aryl methyl sites for hydroxylation is 1. The van der Waals surface area contributed by atoms with Crippen LogP contribution in [-0.2, 0) is 13.0 Å². The molecule has 1 aliphatic rings. The van der Waals surface area contributed by atoms with Crippen LogP contribution in [0.1, 0.15) is 30.3 Å². The molecule has 0 fully saturated rings. The van der Waals surface area contributed by atoms with Gasteiger partial charge in [0.1, 0.15) is 11.6 Å². The topological polar surface area (TPSA) is 64.3 Å². The molecule has 6 heteroatoms. The summed E-state index contributed by atoms with van der Waals surface area (Å²) in [6.07, 6.45) is 3.78. The minimum atomic E-state index is 0.514. The van der Waals surface area contributed by atoms with Gasteiger partial charge in [0.2, 0.25) is 0 Å². The maximum absolute atomic E-state index is 5.76. The van der Waals surface area contributed by atoms with E-state index in [0.717, 1.165) is 49.7 Å². The largest absolute Gasteiger partial charge is 0.494 e. The van der Waals surface area contributed by atoms with E-state index in [0.29, 0.717) is 11.7 Å². The van der Waals surface area contributed by atoms with Gasteiger partial charge in [0.25, 0.3) is 5.89 Å². The van der Waals surface area contributed by atoms with Gasteiger partial charge in [0.15, 0.2) is 5.82 Å². The zero-order chi connectivity index (χ0) is 17.9. The summed E-state index contributed by atoms with van der Waals surface area (Å²) < 4.78 is 11.1. The maximum atomic E-state index is 5.76. The Bertz CT molecular complexity index is 906. The second kappa shape index (κ2) is 7.15. The first kappa shape index (κ1) is 16.6. The van der Waals surface area contributed by atoms with Gasteiger partial charge in [0, 0.05) is 19.3 Å². The number of ether oxygens (including phenoxy) is 1. The van der Waals surface area contributed by atoms with Crippen LogP contribution in [-0.4, -0.2) is 28.3 Å². The third kappa shape index (κ3) is 3.27. The van der Waals surface area contributed by atoms with Crippen molar-refractivity contribution in [1.29, 1.82) is 0 Å². The number of benzene rings is 1. The first-order valence-corrected chi connectivity index (χ1v) is 9.00. The number of hydrogen-bond donors (Lipinski definition) is 0. The molecule has 0 aliphatic carbocycles. The van der Waals surface area contributed by atoms with Crippen LogP contribution in [0.4, 0.5) is 5.82 Å². The third-order valence-electron chi connectivity index (χ3n) is 4.51. The summed E-state index contributed by atoms with van der Waals surface area (Å²) in [5.74, 6) is 2.98. The fraction of sp³-hybridized carbons (Fsp3) is 0.350. The predicted molar refractivity (Wildman–Crippen MR) is 99.2 cm³/mol. The molecule has 0 saturated heterocycles. The molecule has 0 spiro atoms. The number of hydrogen-bond acceptors (Lipinski definition) is 6. The van der Waals surface area contributed by atoms with Gasteiger partial charge in [-0.05, 0) is 55.2 Å². The number of fused-ring (bicyclic) bond motifs is 1. The SMILES string of the molecule is CCCOc1ccc2c(c1)CCN(c1ncccc1-c1nc(C)no1)C2. The zero-order valence-electron chi connectivity index (χ0n) is 15.1. The fourth-order valence-electron chi connectivity index (χ4n) is 3.24. The average Bonchev–Trinajstić information content (AvgIpc) is 3.12. The lowest BCUT2D eigenvalue weighted by atomic mass is 9.99. The van der Waals surface area contributed by atoms with Crippen LogP contribution in [0.5, 0.6) is 5.75 Å². The molecule has 2 aromatic heterocycles. The molecule has 134 valence electrons. The van der Waals surface area contributed by atoms with Gasteiger partial charge < -0.3 is 14.2 Å². The van der Waals surface area contributed by atoms with Gasteiger partial charge in [-0.1, -0.05) is 18.1 Å². The number of nitrogens with zero attached hydrogens (tertiary/aromatic N) is 4. The monoisotopic (exact) mass is 350 g/mol. The Labute approximate surface area is 152 Å². The number of anilines is 1. The highest BCUT2D eigenvalue weighted by atomic mass is 16.5. The summed E-state index contributed by atoms with van der Waals surface area (Å²) in [4.78, 5) is 11.2. The minimum Gasteiger partial charge on any atom is -0.494 e. The molecule has 3 heterocycles. The third-order valence-corrected chi connectivity index (χ3v) is 4.51. The Balaban J connectivity index is 1.60. The van der Waals surface area contributed by atoms with Crippen LogP contribution in [0.3, 0.4) is 0 Å². The highest BCUT2D eigenvalue weighted by Crippen LogP contribution is 2.32. The van der Waals surface area contributed by atoms with Gasteiger partial charge in [0.05, 0.1) is 12.2 Å². The van der Waals surface area contributed by atoms with Crippen molar-refractivity contribution in [1.82, 2.24) is 15.1 Å². The van der Waals surface area contributed by atoms with Crippen LogP contribution < -0.4 is 9.64 Å². The summed E-state index contributed by atoms with van der Waals surface area (Å²) in [7, 11) is 0. The van der Waals surface area contributed by atoms with Crippen LogP contribution in [0.25, 0.3) is 11.5 Å². The molecule has 0 unspecified atom stereocenters. The van der Waals surface area contributed by atoms with Gasteiger partial charge in [-0.15, -0.1) is 0 Å². The van der Waals surface area contributed by atoms with Gasteiger partial charge in [-0.2, -0.15) is 4.98 Å². The summed E-state index contributed by atoms with van der Waals surface area (Å²) in [5.41, 5.74) is 3.53. The van der Waals surface area contributed by atoms with E-state index in [-0.39, 0.29) is 0 Å². The van der Waals surface area contributed by atoms with Crippen molar-refractivity contribution in [2.45, 2.75) is 33.2 Å². The van der Waals surface area contributed by atoms with Gasteiger partial charge >= 0.3 is 0 Å². The van der Waals surface area contributed by atoms with E-state index < -0.39 is 0 Å². The molecule has 3 aromatic rings. The van der Waals surface area contributed by atoms with Crippen molar-refractivity contribution in [2.24, 2.45) is 0 Å². The Morgan fingerprint density at radius 3 is 2.96 bits per heavy atom. The van der Waals surface area contributed by atoms with Crippen LogP contribution in [0.2, 0.25) is 0 Å². The molecule has 0 N–H and O–H groups in total. The summed E-state index contributed by atoms with van der Waals surface area (Å²) >= 11 is 0. The van der Waals surface area contributed by atoms with E-state index in [1.54, 1.807) is 6.20 Å². The zero-order valence-corrected chi connectivity index (χ0v) is 15.1. The Kier molecular flexibility index (Phi) is 4.56. The first-order valence-electron chi connectivity index (χ1n) is 9.00. The second-order valence-electron chi connectivity index (χ2n) is 6.47. The lowest BCUT2D eigenvalue weighted by Gasteiger charge is -2.31. The van der Waals surface area contributed by atoms with E-state index in [2.05, 4.69) is 45.1 Å². The lowest BCUT2D eigenvalue weighted by Crippen LogP contribution is -2.31. The highest BCUT2D eigenvalue weighted by Gasteiger charge is 2.22. The quantitative estimate of drug-likeness (QED) is 0.697. The minimum absolute atomic E-state index is 0.514. The smallest absolute Gasteiger partial charge is 0.261 e. The van der Waals surface area contributed by atoms with Crippen molar-refractivity contribution >= 4 is 5.82 Å². The molecular weight excluding hydrogens is 328 g/mol. The Morgan fingerprint density at radius 2 is 2.15 bits per heavy atom. The number of pyridine rings is 1. The molecular formula is C20H22N4O2. The number of aromatic nitrogens is 3. The van der Waals surface area contributed by atoms with Gasteiger partial charge in [-0.3, -0.25) is 0 Å². The van der Waals surface area contributed by atoms with Crippen molar-refractivity contribution in [3.05, 3.63) is 53.5 Å². The molecule has 6 nitrogen and oxygen atoms in total. The Hall–Kier alpha value is -2.89. The van der Waals surface area contributed by atoms with Crippen LogP contribution >= 0.6 is 0 Å². The van der Waals surface area contributed by atoms with E-state index in [1.807, 2.05) is 19.1 Å². The molecule has 1 aliphatic heterocycles. The van der Waals surface area contributed by atoms with Crippen molar-refractivity contribution in [3.8, 4) is 17.2 Å². The molecule has 26 heavy (non-hydrogen) atoms. The fourth-order valence-corrected chi connectivity index (χ4v) is 3.24. The van der Waals surface area contributed by atoms with Crippen LogP contribution in [0.15, 0.2) is 41.1 Å². The van der Waals surface area contributed by atoms with Crippen molar-refractivity contribution in [2.75, 3.05) is 18.1 Å². The molecule has 0 bridgehead atoms. The molecule has 1 aromatic carbocycles. The molecule has 4 rings (SSSR count).